The van der Waals surface area contributed by atoms with Crippen molar-refractivity contribution >= 4 is 16.9 Å². The van der Waals surface area contributed by atoms with Crippen LogP contribution in [0.2, 0.25) is 0 Å². The number of carbonyl (C=O) groups excluding carboxylic acids is 1. The van der Waals surface area contributed by atoms with Crippen LogP contribution in [0.15, 0.2) is 72.9 Å². The maximum Gasteiger partial charge on any atom is 0.310 e. The lowest BCUT2D eigenvalue weighted by Gasteiger charge is -2.11. The van der Waals surface area contributed by atoms with Gasteiger partial charge in [-0.15, -0.1) is 0 Å². The van der Waals surface area contributed by atoms with Gasteiger partial charge < -0.3 is 23.9 Å². The van der Waals surface area contributed by atoms with Crippen LogP contribution >= 0.6 is 0 Å². The summed E-state index contributed by atoms with van der Waals surface area (Å²) in [6, 6.07) is 21.8. The molecular weight excluding hydrogens is 430 g/mol. The fourth-order valence-electron chi connectivity index (χ4n) is 3.56. The minimum Gasteiger partial charge on any atom is -0.493 e. The van der Waals surface area contributed by atoms with Crippen molar-refractivity contribution in [1.82, 2.24) is 4.98 Å². The molecule has 0 fully saturated rings. The Morgan fingerprint density at radius 3 is 2.29 bits per heavy atom. The van der Waals surface area contributed by atoms with Crippen LogP contribution in [0.3, 0.4) is 0 Å². The Balaban J connectivity index is 1.22. The van der Waals surface area contributed by atoms with Crippen LogP contribution in [-0.2, 0) is 22.6 Å². The first-order valence-electron chi connectivity index (χ1n) is 11.3. The molecule has 1 N–H and O–H groups in total. The molecule has 4 rings (SSSR count). The van der Waals surface area contributed by atoms with Crippen LogP contribution in [0.5, 0.6) is 17.2 Å². The Kier molecular flexibility index (Phi) is 7.71. The van der Waals surface area contributed by atoms with Gasteiger partial charge in [-0.3, -0.25) is 4.79 Å². The average molecular weight is 460 g/mol. The van der Waals surface area contributed by atoms with Gasteiger partial charge in [0.2, 0.25) is 0 Å². The highest BCUT2D eigenvalue weighted by Gasteiger charge is 2.10. The molecule has 3 aromatic carbocycles. The number of H-pyrrole nitrogens is 1. The van der Waals surface area contributed by atoms with Crippen molar-refractivity contribution in [2.45, 2.75) is 26.4 Å². The maximum atomic E-state index is 11.6. The van der Waals surface area contributed by atoms with E-state index >= 15 is 0 Å². The normalized spacial score (nSPS) is 10.8. The summed E-state index contributed by atoms with van der Waals surface area (Å²) < 4.78 is 22.4. The third-order valence-electron chi connectivity index (χ3n) is 5.46. The molecule has 0 atom stereocenters. The summed E-state index contributed by atoms with van der Waals surface area (Å²) in [5.74, 6) is 2.03. The van der Waals surface area contributed by atoms with Crippen molar-refractivity contribution < 1.29 is 23.7 Å². The summed E-state index contributed by atoms with van der Waals surface area (Å²) >= 11 is 0. The number of methoxy groups -OCH3 is 1. The predicted octanol–water partition coefficient (Wildman–Crippen LogP) is 5.62. The zero-order valence-corrected chi connectivity index (χ0v) is 19.5. The van der Waals surface area contributed by atoms with Crippen LogP contribution in [0.1, 0.15) is 23.1 Å². The van der Waals surface area contributed by atoms with Crippen molar-refractivity contribution in [3.63, 3.8) is 0 Å². The molecule has 0 bridgehead atoms. The van der Waals surface area contributed by atoms with Crippen LogP contribution in [-0.4, -0.2) is 31.3 Å². The lowest BCUT2D eigenvalue weighted by atomic mass is 10.1. The maximum absolute atomic E-state index is 11.6. The van der Waals surface area contributed by atoms with Gasteiger partial charge in [0, 0.05) is 29.6 Å². The molecule has 0 aliphatic carbocycles. The van der Waals surface area contributed by atoms with Crippen LogP contribution in [0.25, 0.3) is 10.9 Å². The second-order valence-electron chi connectivity index (χ2n) is 8.07. The molecule has 34 heavy (non-hydrogen) atoms. The van der Waals surface area contributed by atoms with E-state index in [0.717, 1.165) is 45.7 Å². The van der Waals surface area contributed by atoms with Gasteiger partial charge in [0.15, 0.2) is 0 Å². The molecule has 1 aromatic heterocycles. The first-order valence-corrected chi connectivity index (χ1v) is 11.3. The summed E-state index contributed by atoms with van der Waals surface area (Å²) in [6.07, 6.45) is 2.79. The molecule has 0 saturated heterocycles. The van der Waals surface area contributed by atoms with Gasteiger partial charge in [-0.2, -0.15) is 0 Å². The summed E-state index contributed by atoms with van der Waals surface area (Å²) in [4.78, 5) is 14.8. The number of rotatable bonds is 11. The van der Waals surface area contributed by atoms with Gasteiger partial charge in [-0.25, -0.2) is 0 Å². The molecule has 0 radical (unpaired) electrons. The lowest BCUT2D eigenvalue weighted by molar-refractivity contribution is -0.139. The number of hydrogen-bond acceptors (Lipinski definition) is 5. The molecule has 6 heteroatoms. The van der Waals surface area contributed by atoms with Gasteiger partial charge in [0.1, 0.15) is 23.9 Å². The minimum absolute atomic E-state index is 0.224. The van der Waals surface area contributed by atoms with Crippen LogP contribution in [0.4, 0.5) is 0 Å². The topological polar surface area (TPSA) is 69.8 Å². The van der Waals surface area contributed by atoms with Gasteiger partial charge in [-0.1, -0.05) is 35.9 Å². The smallest absolute Gasteiger partial charge is 0.310 e. The third kappa shape index (κ3) is 6.32. The van der Waals surface area contributed by atoms with E-state index in [1.54, 1.807) is 0 Å². The van der Waals surface area contributed by atoms with Crippen molar-refractivity contribution in [3.8, 4) is 17.2 Å². The number of ether oxygens (including phenoxy) is 4. The van der Waals surface area contributed by atoms with E-state index in [1.165, 1.54) is 12.7 Å². The van der Waals surface area contributed by atoms with Gasteiger partial charge in [0.05, 0.1) is 26.7 Å². The second kappa shape index (κ2) is 11.3. The van der Waals surface area contributed by atoms with E-state index in [9.17, 15) is 4.79 Å². The van der Waals surface area contributed by atoms with E-state index in [2.05, 4.69) is 36.2 Å². The van der Waals surface area contributed by atoms with Crippen molar-refractivity contribution in [2.24, 2.45) is 0 Å². The Labute approximate surface area is 199 Å². The summed E-state index contributed by atoms with van der Waals surface area (Å²) in [7, 11) is 1.39. The highest BCUT2D eigenvalue weighted by molar-refractivity contribution is 5.88. The minimum atomic E-state index is -0.269. The van der Waals surface area contributed by atoms with E-state index in [4.69, 9.17) is 18.9 Å². The van der Waals surface area contributed by atoms with E-state index in [-0.39, 0.29) is 12.4 Å². The fraction of sp³-hybridized carbons (Fsp3) is 0.250. The number of hydrogen-bond donors (Lipinski definition) is 1. The van der Waals surface area contributed by atoms with E-state index in [0.29, 0.717) is 19.8 Å². The molecule has 0 aliphatic heterocycles. The molecule has 0 unspecified atom stereocenters. The molecule has 0 spiro atoms. The highest BCUT2D eigenvalue weighted by Crippen LogP contribution is 2.25. The molecule has 4 aromatic rings. The number of aromatic nitrogens is 1. The third-order valence-corrected chi connectivity index (χ3v) is 5.46. The van der Waals surface area contributed by atoms with Crippen molar-refractivity contribution in [3.05, 3.63) is 89.6 Å². The molecule has 0 saturated carbocycles. The number of benzene rings is 3. The molecule has 6 nitrogen and oxygen atoms in total. The Bertz CT molecular complexity index is 1230. The number of aromatic amines is 1. The largest absolute Gasteiger partial charge is 0.493 e. The zero-order valence-electron chi connectivity index (χ0n) is 19.5. The molecule has 1 heterocycles. The molecule has 0 aliphatic rings. The molecular formula is C28H29NO5. The Morgan fingerprint density at radius 1 is 0.853 bits per heavy atom. The summed E-state index contributed by atoms with van der Waals surface area (Å²) in [6.45, 7) is 3.64. The van der Waals surface area contributed by atoms with Crippen molar-refractivity contribution in [2.75, 3.05) is 20.3 Å². The van der Waals surface area contributed by atoms with Crippen molar-refractivity contribution in [1.29, 1.82) is 0 Å². The number of esters is 1. The van der Waals surface area contributed by atoms with Crippen LogP contribution in [0, 0.1) is 6.92 Å². The first-order chi connectivity index (χ1) is 16.6. The first kappa shape index (κ1) is 23.2. The number of fused-ring (bicyclic) bond motifs is 1. The quantitative estimate of drug-likeness (QED) is 0.233. The fourth-order valence-corrected chi connectivity index (χ4v) is 3.56. The van der Waals surface area contributed by atoms with Gasteiger partial charge >= 0.3 is 5.97 Å². The molecule has 0 amide bonds. The second-order valence-corrected chi connectivity index (χ2v) is 8.07. The number of nitrogens with one attached hydrogen (secondary N) is 1. The van der Waals surface area contributed by atoms with Gasteiger partial charge in [0.25, 0.3) is 0 Å². The SMILES string of the molecule is COC(=O)Cc1c[nH]c2ccc(OCCCOc3cccc(OCc4ccc(C)cc4)c3)cc12. The Morgan fingerprint density at radius 2 is 1.56 bits per heavy atom. The zero-order chi connectivity index (χ0) is 23.8. The van der Waals surface area contributed by atoms with E-state index in [1.807, 2.05) is 48.7 Å². The number of carbonyl (C=O) groups is 1. The highest BCUT2D eigenvalue weighted by atomic mass is 16.5. The molecule has 176 valence electrons. The Hall–Kier alpha value is -3.93. The van der Waals surface area contributed by atoms with Crippen LogP contribution < -0.4 is 14.2 Å². The standard InChI is InChI=1S/C28H29NO5/c1-20-7-9-21(10-8-20)19-34-24-6-3-5-23(16-24)32-13-4-14-33-25-11-12-27-26(17-25)22(18-29-27)15-28(30)31-2/h3,5-12,16-18,29H,4,13-15,19H2,1-2H3. The lowest BCUT2D eigenvalue weighted by Crippen LogP contribution is -2.05. The summed E-state index contributed by atoms with van der Waals surface area (Å²) in [5, 5.41) is 0.960. The monoisotopic (exact) mass is 459 g/mol. The predicted molar refractivity (Wildman–Crippen MR) is 132 cm³/mol. The average Bonchev–Trinajstić information content (AvgIpc) is 3.25. The van der Waals surface area contributed by atoms with E-state index < -0.39 is 0 Å². The summed E-state index contributed by atoms with van der Waals surface area (Å²) in [5.41, 5.74) is 4.21. The number of aryl methyl sites for hydroxylation is 1. The van der Waals surface area contributed by atoms with Gasteiger partial charge in [-0.05, 0) is 48.4 Å².